The highest BCUT2D eigenvalue weighted by Crippen LogP contribution is 2.17. The van der Waals surface area contributed by atoms with Gasteiger partial charge in [0.05, 0.1) is 6.61 Å². The number of nitrogens with zero attached hydrogens (tertiary/aromatic N) is 5. The largest absolute Gasteiger partial charge is 0.383 e. The number of nitrogens with two attached hydrogens (primary N) is 1. The average Bonchev–Trinajstić information content (AvgIpc) is 2.38. The highest BCUT2D eigenvalue weighted by atomic mass is 16.5. The number of nitrogen functional groups attached to an aromatic ring is 1. The number of anilines is 3. The molecule has 0 aliphatic carbocycles. The van der Waals surface area contributed by atoms with E-state index >= 15 is 0 Å². The van der Waals surface area contributed by atoms with Gasteiger partial charge in [-0.2, -0.15) is 15.0 Å². The molecule has 0 saturated carbocycles. The predicted octanol–water partition coefficient (Wildman–Crippen LogP) is 0.771. The molecular formula is C12H24N6O. The molecule has 19 heavy (non-hydrogen) atoms. The van der Waals surface area contributed by atoms with Gasteiger partial charge >= 0.3 is 0 Å². The zero-order chi connectivity index (χ0) is 14.4. The Morgan fingerprint density at radius 3 is 2.37 bits per heavy atom. The SMILES string of the molecule is CCC(C)N(CCOC)c1nc(N)nc(N(C)C)n1. The van der Waals surface area contributed by atoms with Crippen molar-refractivity contribution < 1.29 is 4.74 Å². The fourth-order valence-electron chi connectivity index (χ4n) is 1.63. The van der Waals surface area contributed by atoms with Crippen molar-refractivity contribution in [3.05, 3.63) is 0 Å². The van der Waals surface area contributed by atoms with Crippen LogP contribution in [0.15, 0.2) is 0 Å². The van der Waals surface area contributed by atoms with Crippen LogP contribution < -0.4 is 15.5 Å². The summed E-state index contributed by atoms with van der Waals surface area (Å²) >= 11 is 0. The first-order chi connectivity index (χ1) is 8.99. The smallest absolute Gasteiger partial charge is 0.232 e. The third-order valence-electron chi connectivity index (χ3n) is 2.95. The molecule has 1 aromatic heterocycles. The summed E-state index contributed by atoms with van der Waals surface area (Å²) in [6, 6.07) is 0.312. The molecule has 0 fully saturated rings. The van der Waals surface area contributed by atoms with Crippen LogP contribution in [0, 0.1) is 0 Å². The minimum absolute atomic E-state index is 0.236. The first kappa shape index (κ1) is 15.4. The van der Waals surface area contributed by atoms with Gasteiger partial charge in [0.1, 0.15) is 0 Å². The van der Waals surface area contributed by atoms with Gasteiger partial charge in [-0.15, -0.1) is 0 Å². The Bertz CT molecular complexity index is 398. The lowest BCUT2D eigenvalue weighted by Gasteiger charge is -2.28. The molecule has 0 bridgehead atoms. The van der Waals surface area contributed by atoms with Crippen LogP contribution in [-0.4, -0.2) is 55.4 Å². The summed E-state index contributed by atoms with van der Waals surface area (Å²) in [7, 11) is 5.43. The number of ether oxygens (including phenoxy) is 1. The summed E-state index contributed by atoms with van der Waals surface area (Å²) < 4.78 is 5.14. The third-order valence-corrected chi connectivity index (χ3v) is 2.95. The molecule has 7 heteroatoms. The summed E-state index contributed by atoms with van der Waals surface area (Å²) in [5.74, 6) is 1.40. The van der Waals surface area contributed by atoms with E-state index in [1.165, 1.54) is 0 Å². The maximum absolute atomic E-state index is 5.76. The van der Waals surface area contributed by atoms with Crippen LogP contribution in [0.25, 0.3) is 0 Å². The molecule has 0 aliphatic heterocycles. The molecule has 0 radical (unpaired) electrons. The Morgan fingerprint density at radius 2 is 1.84 bits per heavy atom. The van der Waals surface area contributed by atoms with Gasteiger partial charge in [-0.1, -0.05) is 6.92 Å². The zero-order valence-corrected chi connectivity index (χ0v) is 12.4. The van der Waals surface area contributed by atoms with Gasteiger partial charge in [0.2, 0.25) is 17.8 Å². The number of hydrogen-bond acceptors (Lipinski definition) is 7. The number of aromatic nitrogens is 3. The van der Waals surface area contributed by atoms with Crippen molar-refractivity contribution in [2.24, 2.45) is 0 Å². The van der Waals surface area contributed by atoms with Gasteiger partial charge < -0.3 is 20.3 Å². The molecule has 7 nitrogen and oxygen atoms in total. The summed E-state index contributed by atoms with van der Waals surface area (Å²) in [4.78, 5) is 16.7. The molecular weight excluding hydrogens is 244 g/mol. The monoisotopic (exact) mass is 268 g/mol. The van der Waals surface area contributed by atoms with Gasteiger partial charge in [-0.05, 0) is 13.3 Å². The van der Waals surface area contributed by atoms with Crippen molar-refractivity contribution in [1.29, 1.82) is 0 Å². The van der Waals surface area contributed by atoms with Crippen molar-refractivity contribution in [3.63, 3.8) is 0 Å². The average molecular weight is 268 g/mol. The van der Waals surface area contributed by atoms with Gasteiger partial charge in [-0.3, -0.25) is 0 Å². The Hall–Kier alpha value is -1.63. The van der Waals surface area contributed by atoms with Crippen molar-refractivity contribution in [3.8, 4) is 0 Å². The van der Waals surface area contributed by atoms with Crippen molar-refractivity contribution in [2.75, 3.05) is 49.9 Å². The fourth-order valence-corrected chi connectivity index (χ4v) is 1.63. The fraction of sp³-hybridized carbons (Fsp3) is 0.750. The van der Waals surface area contributed by atoms with Crippen LogP contribution in [0.2, 0.25) is 0 Å². The maximum atomic E-state index is 5.76. The second-order valence-electron chi connectivity index (χ2n) is 4.63. The normalized spacial score (nSPS) is 12.3. The van der Waals surface area contributed by atoms with E-state index in [9.17, 15) is 0 Å². The second-order valence-corrected chi connectivity index (χ2v) is 4.63. The van der Waals surface area contributed by atoms with E-state index in [0.717, 1.165) is 13.0 Å². The Kier molecular flexibility index (Phi) is 5.75. The van der Waals surface area contributed by atoms with E-state index in [1.54, 1.807) is 7.11 Å². The molecule has 0 spiro atoms. The summed E-state index contributed by atoms with van der Waals surface area (Å²) in [5, 5.41) is 0. The molecule has 1 rings (SSSR count). The van der Waals surface area contributed by atoms with Crippen LogP contribution in [0.1, 0.15) is 20.3 Å². The molecule has 1 aromatic rings. The van der Waals surface area contributed by atoms with E-state index < -0.39 is 0 Å². The Balaban J connectivity index is 3.06. The summed E-state index contributed by atoms with van der Waals surface area (Å²) in [5.41, 5.74) is 5.76. The molecule has 2 N–H and O–H groups in total. The topological polar surface area (TPSA) is 80.4 Å². The molecule has 0 amide bonds. The summed E-state index contributed by atoms with van der Waals surface area (Å²) in [6.45, 7) is 5.60. The first-order valence-electron chi connectivity index (χ1n) is 6.44. The lowest BCUT2D eigenvalue weighted by molar-refractivity contribution is 0.203. The van der Waals surface area contributed by atoms with E-state index in [4.69, 9.17) is 10.5 Å². The van der Waals surface area contributed by atoms with Crippen LogP contribution >= 0.6 is 0 Å². The van der Waals surface area contributed by atoms with E-state index in [2.05, 4.69) is 33.7 Å². The molecule has 1 unspecified atom stereocenters. The van der Waals surface area contributed by atoms with Crippen LogP contribution in [0.4, 0.5) is 17.8 Å². The van der Waals surface area contributed by atoms with E-state index in [0.29, 0.717) is 24.5 Å². The predicted molar refractivity (Wildman–Crippen MR) is 77.5 cm³/mol. The second kappa shape index (κ2) is 7.08. The minimum Gasteiger partial charge on any atom is -0.383 e. The van der Waals surface area contributed by atoms with Crippen molar-refractivity contribution >= 4 is 17.8 Å². The lowest BCUT2D eigenvalue weighted by atomic mass is 10.2. The molecule has 108 valence electrons. The van der Waals surface area contributed by atoms with Crippen LogP contribution in [0.5, 0.6) is 0 Å². The van der Waals surface area contributed by atoms with Gasteiger partial charge in [0, 0.05) is 33.8 Å². The van der Waals surface area contributed by atoms with Crippen molar-refractivity contribution in [1.82, 2.24) is 15.0 Å². The molecule has 0 aliphatic rings. The van der Waals surface area contributed by atoms with Gasteiger partial charge in [-0.25, -0.2) is 0 Å². The highest BCUT2D eigenvalue weighted by molar-refractivity contribution is 5.43. The quantitative estimate of drug-likeness (QED) is 0.782. The highest BCUT2D eigenvalue weighted by Gasteiger charge is 2.17. The first-order valence-corrected chi connectivity index (χ1v) is 6.44. The minimum atomic E-state index is 0.236. The van der Waals surface area contributed by atoms with Gasteiger partial charge in [0.25, 0.3) is 0 Å². The number of methoxy groups -OCH3 is 1. The van der Waals surface area contributed by atoms with Crippen LogP contribution in [0.3, 0.4) is 0 Å². The summed E-state index contributed by atoms with van der Waals surface area (Å²) in [6.07, 6.45) is 0.993. The number of hydrogen-bond donors (Lipinski definition) is 1. The van der Waals surface area contributed by atoms with Gasteiger partial charge in [0.15, 0.2) is 0 Å². The molecule has 0 aromatic carbocycles. The standard InChI is InChI=1S/C12H24N6O/c1-6-9(2)18(7-8-19-5)12-15-10(13)14-11(16-12)17(3)4/h9H,6-8H2,1-5H3,(H2,13,14,15,16). The Morgan fingerprint density at radius 1 is 1.21 bits per heavy atom. The molecule has 0 saturated heterocycles. The maximum Gasteiger partial charge on any atom is 0.232 e. The van der Waals surface area contributed by atoms with E-state index in [-0.39, 0.29) is 5.95 Å². The van der Waals surface area contributed by atoms with Crippen molar-refractivity contribution in [2.45, 2.75) is 26.3 Å². The lowest BCUT2D eigenvalue weighted by Crippen LogP contribution is -2.37. The molecule has 1 atom stereocenters. The third kappa shape index (κ3) is 4.20. The zero-order valence-electron chi connectivity index (χ0n) is 12.4. The Labute approximate surface area is 114 Å². The number of rotatable bonds is 7. The molecule has 1 heterocycles. The van der Waals surface area contributed by atoms with Crippen LogP contribution in [-0.2, 0) is 4.74 Å². The van der Waals surface area contributed by atoms with E-state index in [1.807, 2.05) is 19.0 Å².